The number of para-hydroxylation sites is 1. The van der Waals surface area contributed by atoms with E-state index in [-0.39, 0.29) is 52.9 Å². The molecule has 0 radical (unpaired) electrons. The summed E-state index contributed by atoms with van der Waals surface area (Å²) < 4.78 is 11.9. The number of ether oxygens (including phenoxy) is 2. The molecule has 2 saturated heterocycles. The number of carbonyl (C=O) groups is 7. The number of aliphatic carboxylic acids is 2. The van der Waals surface area contributed by atoms with Crippen LogP contribution in [-0.4, -0.2) is 254 Å². The largest absolute Gasteiger partial charge is 0.496 e. The van der Waals surface area contributed by atoms with Gasteiger partial charge >= 0.3 is 24.2 Å². The number of rotatable bonds is 30. The summed E-state index contributed by atoms with van der Waals surface area (Å²) in [5, 5.41) is 104. The highest BCUT2D eigenvalue weighted by Crippen LogP contribution is 2.68. The summed E-state index contributed by atoms with van der Waals surface area (Å²) in [5.74, 6) is -9.32. The zero-order valence-corrected chi connectivity index (χ0v) is 64.3. The molecule has 12 rings (SSSR count). The fourth-order valence-electron chi connectivity index (χ4n) is 18.4. The number of likely N-dealkylation sites (N-methyl/N-ethyl adjacent to an activating group) is 1. The number of carboxylic acid groups (broad SMARTS) is 2. The van der Waals surface area contributed by atoms with Crippen LogP contribution in [0.5, 0.6) is 5.75 Å². The van der Waals surface area contributed by atoms with Gasteiger partial charge in [-0.2, -0.15) is 14.6 Å². The van der Waals surface area contributed by atoms with Crippen LogP contribution < -0.4 is 37.1 Å². The van der Waals surface area contributed by atoms with Crippen molar-refractivity contribution in [1.29, 1.82) is 0 Å². The third kappa shape index (κ3) is 16.3. The number of nitrogens with one attached hydrogen (secondary N) is 5. The standard InChI is InChI=1S/C76H96N12O19S2.CO2/c1-6-73(104)34-41-33-72(3,61-47(21-25-87(36-41)39-73)46-11-8-9-12-50(46)80-61)49-31-48-51(32-55(49)106-5)86(4)67-75(48)23-26-88-24-10-22-74(7-2,66(75)88)68(101)76(67,105)69(102)84-85-71(103)107-27-28-108-109-38-44(65(99)100)30-53(91)57(60(95)59(94)54(92)37-89)81-56(93)20-18-43(64(97)98)29-52(90)42-16-13-40(14-17-42)15-19-45-35-78-62-58(79-45)63(96)83-70(77)82-62;2-1-3/h8-14,16-17,22,31-32,35,41,43-44,54,57,59-60,66-68,80,89,92,94-95,101,104-105H,6-7,15,18-21,23-30,33-34,36-39H2,1-5H3,(H,81,93)(H,84,102)(H,85,103)(H,97,98)(H,99,100)(H3,77,78,82,83,96);/t41-,43+,44-,54+,57+,59+,60+,66-,67+,68+,72+,73?,74+,75+,76-;/m0./s1. The van der Waals surface area contributed by atoms with Gasteiger partial charge in [-0.3, -0.25) is 53.8 Å². The second-order valence-electron chi connectivity index (χ2n) is 30.3. The molecule has 3 aromatic carbocycles. The average molecular weight is 1590 g/mol. The number of hydrazine groups is 1. The van der Waals surface area contributed by atoms with E-state index in [1.807, 2.05) is 49.1 Å². The van der Waals surface area contributed by atoms with Crippen LogP contribution in [0.2, 0.25) is 0 Å². The van der Waals surface area contributed by atoms with E-state index in [1.54, 1.807) is 26.3 Å². The smallest absolute Gasteiger partial charge is 0.426 e. The normalized spacial score (nSPS) is 26.4. The number of Topliss-reactive ketones (excluding diaryl/α,β-unsaturated/α-hetero) is 2. The lowest BCUT2D eigenvalue weighted by atomic mass is 9.47. The van der Waals surface area contributed by atoms with Gasteiger partial charge in [-0.15, -0.1) is 0 Å². The number of nitrogen functional groups attached to an aromatic ring is 1. The lowest BCUT2D eigenvalue weighted by Crippen LogP contribution is -2.82. The number of H-pyrrole nitrogens is 2. The van der Waals surface area contributed by atoms with Crippen molar-refractivity contribution in [3.63, 3.8) is 0 Å². The van der Waals surface area contributed by atoms with E-state index in [9.17, 15) is 79.5 Å². The first-order valence-corrected chi connectivity index (χ1v) is 39.7. The molecule has 1 aliphatic carbocycles. The number of hydrogen-bond acceptors (Lipinski definition) is 28. The predicted octanol–water partition coefficient (Wildman–Crippen LogP) is 2.02. The number of carbonyl (C=O) groups excluding carboxylic acids is 7. The molecule has 1 spiro atoms. The number of nitrogens with zero attached hydrogens (tertiary/aromatic N) is 6. The van der Waals surface area contributed by atoms with Crippen molar-refractivity contribution in [2.45, 2.75) is 162 Å². The molecule has 3 fully saturated rings. The Kier molecular flexibility index (Phi) is 25.9. The van der Waals surface area contributed by atoms with Crippen LogP contribution in [0.4, 0.5) is 16.4 Å². The number of aliphatic hydroxyl groups is 7. The highest BCUT2D eigenvalue weighted by Gasteiger charge is 2.79. The topological polar surface area (TPSA) is 513 Å². The number of nitrogens with two attached hydrogens (primary N) is 1. The van der Waals surface area contributed by atoms with Crippen molar-refractivity contribution in [2.75, 3.05) is 82.2 Å². The number of hydrogen-bond donors (Lipinski definition) is 15. The number of aromatic amines is 2. The molecular formula is C77H96N12O21S2. The molecule has 8 heterocycles. The minimum Gasteiger partial charge on any atom is -0.496 e. The molecule has 16 atom stereocenters. The fourth-order valence-corrected chi connectivity index (χ4v) is 20.5. The predicted molar refractivity (Wildman–Crippen MR) is 408 cm³/mol. The minimum atomic E-state index is -2.60. The molecule has 1 saturated carbocycles. The highest BCUT2D eigenvalue weighted by molar-refractivity contribution is 8.76. The summed E-state index contributed by atoms with van der Waals surface area (Å²) in [5.41, 5.74) is 10.6. The Bertz CT molecular complexity index is 4660. The van der Waals surface area contributed by atoms with Gasteiger partial charge in [-0.1, -0.05) is 90.1 Å². The lowest BCUT2D eigenvalue weighted by Gasteiger charge is -2.63. The Balaban J connectivity index is 0.00000407. The molecule has 3 amide bonds. The van der Waals surface area contributed by atoms with Crippen LogP contribution in [-0.2, 0) is 68.4 Å². The van der Waals surface area contributed by atoms with E-state index < -0.39 is 161 Å². The Morgan fingerprint density at radius 1 is 0.875 bits per heavy atom. The first-order valence-electron chi connectivity index (χ1n) is 37.2. The summed E-state index contributed by atoms with van der Waals surface area (Å²) >= 11 is 0. The second-order valence-corrected chi connectivity index (χ2v) is 33.0. The minimum absolute atomic E-state index is 0.0190. The van der Waals surface area contributed by atoms with Gasteiger partial charge < -0.3 is 76.4 Å². The zero-order valence-electron chi connectivity index (χ0n) is 62.6. The van der Waals surface area contributed by atoms with Crippen LogP contribution >= 0.6 is 21.6 Å². The molecule has 6 aliphatic rings. The Labute approximate surface area is 651 Å². The third-order valence-corrected chi connectivity index (χ3v) is 26.2. The Morgan fingerprint density at radius 2 is 1.61 bits per heavy atom. The van der Waals surface area contributed by atoms with Gasteiger partial charge in [0.05, 0.1) is 49.1 Å². The van der Waals surface area contributed by atoms with Gasteiger partial charge in [0.25, 0.3) is 11.5 Å². The van der Waals surface area contributed by atoms with Crippen LogP contribution in [0.1, 0.15) is 123 Å². The highest BCUT2D eigenvalue weighted by atomic mass is 33.1. The van der Waals surface area contributed by atoms with Crippen molar-refractivity contribution < 1.29 is 98.6 Å². The van der Waals surface area contributed by atoms with Crippen LogP contribution in [0.15, 0.2) is 83.8 Å². The summed E-state index contributed by atoms with van der Waals surface area (Å²) in [6.07, 6.45) is -2.06. The molecular weight excluding hydrogens is 1490 g/mol. The van der Waals surface area contributed by atoms with E-state index in [4.69, 9.17) is 24.8 Å². The van der Waals surface area contributed by atoms with Gasteiger partial charge in [-0.25, -0.2) is 20.2 Å². The molecule has 2 unspecified atom stereocenters. The van der Waals surface area contributed by atoms with Crippen molar-refractivity contribution in [2.24, 2.45) is 23.2 Å². The Hall–Kier alpha value is -9.23. The number of carboxylic acids is 2. The molecule has 3 aromatic heterocycles. The van der Waals surface area contributed by atoms with Gasteiger partial charge in [0.2, 0.25) is 11.9 Å². The SMILES string of the molecule is CCC1(O)C[C@H]2CN(CCc3c([nH]c4ccccc34)[C@@](C)(c3cc4c(cc3OC)N(C)[C@H]3[C@@](O)(C(=O)NNC(=O)OCCSSC[C@H](CC(=O)[C@@H](NC(=O)CC[C@H](CC(=O)c5ccc(CCc6cnc7nc(N)[nH]c(=O)c7n6)cc5)C(=O)O)[C@@H](O)[C@H](O)[C@H](O)CO)C(=O)O)[C@H](O)[C@]5(CC)C=CCN6CC[C@]43[C@@H]65)C2)C1.O=C=O. The maximum absolute atomic E-state index is 15.2. The van der Waals surface area contributed by atoms with E-state index >= 15 is 4.79 Å². The summed E-state index contributed by atoms with van der Waals surface area (Å²) in [7, 11) is 5.43. The average Bonchev–Trinajstić information content (AvgIpc) is 1.47. The number of fused-ring (bicyclic) bond motifs is 7. The number of benzene rings is 3. The van der Waals surface area contributed by atoms with Crippen LogP contribution in [0, 0.1) is 23.2 Å². The quantitative estimate of drug-likeness (QED) is 0.0101. The first kappa shape index (κ1) is 83.7. The molecule has 35 heteroatoms. The van der Waals surface area contributed by atoms with Crippen molar-refractivity contribution in [3.05, 3.63) is 129 Å². The number of anilines is 2. The van der Waals surface area contributed by atoms with E-state index in [2.05, 4.69) is 76.0 Å². The number of aromatic nitrogens is 5. The zero-order chi connectivity index (χ0) is 80.9. The number of aryl methyl sites for hydroxylation is 2. The molecule has 16 N–H and O–H groups in total. The molecule has 5 aliphatic heterocycles. The number of ketones is 2. The van der Waals surface area contributed by atoms with E-state index in [0.29, 0.717) is 81.7 Å². The number of aliphatic hydroxyl groups excluding tert-OH is 5. The van der Waals surface area contributed by atoms with Gasteiger partial charge in [0.15, 0.2) is 28.3 Å². The lowest BCUT2D eigenvalue weighted by molar-refractivity contribution is -0.204. The van der Waals surface area contributed by atoms with E-state index in [1.165, 1.54) is 23.9 Å². The summed E-state index contributed by atoms with van der Waals surface area (Å²) in [6, 6.07) is 15.3. The van der Waals surface area contributed by atoms with Gasteiger partial charge in [0.1, 0.15) is 42.8 Å². The molecule has 112 heavy (non-hydrogen) atoms. The monoisotopic (exact) mass is 1590 g/mol. The van der Waals surface area contributed by atoms with Crippen molar-refractivity contribution in [3.8, 4) is 5.75 Å². The first-order chi connectivity index (χ1) is 53.4. The molecule has 602 valence electrons. The molecule has 6 aromatic rings. The van der Waals surface area contributed by atoms with Crippen molar-refractivity contribution >= 4 is 103 Å². The van der Waals surface area contributed by atoms with Crippen LogP contribution in [0.25, 0.3) is 22.1 Å². The van der Waals surface area contributed by atoms with Crippen LogP contribution in [0.3, 0.4) is 0 Å². The van der Waals surface area contributed by atoms with Gasteiger partial charge in [0, 0.05) is 126 Å². The summed E-state index contributed by atoms with van der Waals surface area (Å²) in [4.78, 5) is 148. The number of amides is 3. The fraction of sp³-hybridized carbons (Fsp3) is 0.532. The number of piperidine rings is 1. The molecule has 2 bridgehead atoms. The number of methoxy groups -OCH3 is 1. The maximum atomic E-state index is 15.2. The second kappa shape index (κ2) is 34.6. The molecule has 33 nitrogen and oxygen atoms in total. The van der Waals surface area contributed by atoms with E-state index in [0.717, 1.165) is 74.4 Å². The van der Waals surface area contributed by atoms with Crippen molar-refractivity contribution in [1.82, 2.24) is 50.9 Å². The van der Waals surface area contributed by atoms with Gasteiger partial charge in [-0.05, 0) is 106 Å². The Morgan fingerprint density at radius 3 is 2.30 bits per heavy atom. The summed E-state index contributed by atoms with van der Waals surface area (Å²) in [6.45, 7) is 8.14. The maximum Gasteiger partial charge on any atom is 0.426 e. The third-order valence-electron chi connectivity index (χ3n) is 23.7.